The van der Waals surface area contributed by atoms with E-state index in [9.17, 15) is 4.79 Å². The Balaban J connectivity index is 0.00000121. The lowest BCUT2D eigenvalue weighted by Crippen LogP contribution is -2.43. The second-order valence-electron chi connectivity index (χ2n) is 5.74. The fourth-order valence-electron chi connectivity index (χ4n) is 3.06. The van der Waals surface area contributed by atoms with Crippen LogP contribution >= 0.6 is 24.8 Å². The molecule has 4 nitrogen and oxygen atoms in total. The molecule has 0 saturated carbocycles. The Morgan fingerprint density at radius 3 is 2.59 bits per heavy atom. The second-order valence-corrected chi connectivity index (χ2v) is 5.74. The van der Waals surface area contributed by atoms with Gasteiger partial charge in [-0.25, -0.2) is 0 Å². The van der Waals surface area contributed by atoms with Crippen molar-refractivity contribution >= 4 is 42.1 Å². The maximum atomic E-state index is 12.2. The van der Waals surface area contributed by atoms with Crippen molar-refractivity contribution in [1.29, 1.82) is 0 Å². The first-order valence-corrected chi connectivity index (χ1v) is 7.72. The Morgan fingerprint density at radius 1 is 1.14 bits per heavy atom. The van der Waals surface area contributed by atoms with Crippen LogP contribution in [0.5, 0.6) is 0 Å². The van der Waals surface area contributed by atoms with Gasteiger partial charge >= 0.3 is 0 Å². The number of carbonyl (C=O) groups is 1. The molecule has 1 aromatic carbocycles. The number of hydrogen-bond donors (Lipinski definition) is 2. The quantitative estimate of drug-likeness (QED) is 0.883. The predicted octanol–water partition coefficient (Wildman–Crippen LogP) is 3.21. The number of rotatable bonds is 3. The maximum Gasteiger partial charge on any atom is 0.241 e. The number of benzene rings is 1. The van der Waals surface area contributed by atoms with Crippen LogP contribution in [0.25, 0.3) is 0 Å². The van der Waals surface area contributed by atoms with Gasteiger partial charge in [0, 0.05) is 24.5 Å². The first-order valence-electron chi connectivity index (χ1n) is 7.72. The summed E-state index contributed by atoms with van der Waals surface area (Å²) < 4.78 is 0. The van der Waals surface area contributed by atoms with Gasteiger partial charge < -0.3 is 15.5 Å². The topological polar surface area (TPSA) is 44.4 Å². The third-order valence-electron chi connectivity index (χ3n) is 4.21. The zero-order valence-electron chi connectivity index (χ0n) is 12.7. The minimum absolute atomic E-state index is 0. The third kappa shape index (κ3) is 4.77. The minimum atomic E-state index is -0.0285. The van der Waals surface area contributed by atoms with Crippen molar-refractivity contribution in [2.75, 3.05) is 29.9 Å². The highest BCUT2D eigenvalue weighted by molar-refractivity contribution is 5.95. The van der Waals surface area contributed by atoms with Gasteiger partial charge in [0.2, 0.25) is 5.91 Å². The molecule has 1 amide bonds. The molecule has 1 atom stereocenters. The van der Waals surface area contributed by atoms with E-state index in [1.807, 2.05) is 12.1 Å². The van der Waals surface area contributed by atoms with Gasteiger partial charge in [-0.3, -0.25) is 4.79 Å². The predicted molar refractivity (Wildman–Crippen MR) is 96.7 cm³/mol. The fourth-order valence-corrected chi connectivity index (χ4v) is 3.06. The second kappa shape index (κ2) is 9.23. The van der Waals surface area contributed by atoms with E-state index in [4.69, 9.17) is 0 Å². The number of carbonyl (C=O) groups excluding carboxylic acids is 1. The normalized spacial score (nSPS) is 20.7. The Hall–Kier alpha value is -0.970. The van der Waals surface area contributed by atoms with Crippen LogP contribution in [-0.4, -0.2) is 31.6 Å². The molecule has 2 saturated heterocycles. The lowest BCUT2D eigenvalue weighted by Gasteiger charge is -2.23. The number of halogens is 2. The number of anilines is 2. The zero-order valence-corrected chi connectivity index (χ0v) is 14.3. The number of hydrogen-bond acceptors (Lipinski definition) is 3. The standard InChI is InChI=1S/C16H23N3O.2ClH/c20-16(15-8-1-2-9-17-15)18-13-6-5-7-14(12-13)19-10-3-4-11-19;;/h5-7,12,15,17H,1-4,8-11H2,(H,18,20);2*1H. The highest BCUT2D eigenvalue weighted by atomic mass is 35.5. The van der Waals surface area contributed by atoms with E-state index in [2.05, 4.69) is 27.7 Å². The van der Waals surface area contributed by atoms with Crippen LogP contribution in [0.3, 0.4) is 0 Å². The molecule has 0 bridgehead atoms. The van der Waals surface area contributed by atoms with Gasteiger partial charge in [-0.2, -0.15) is 0 Å². The Bertz CT molecular complexity index is 472. The molecule has 6 heteroatoms. The molecule has 1 aromatic rings. The summed E-state index contributed by atoms with van der Waals surface area (Å²) in [5.41, 5.74) is 2.13. The molecule has 3 rings (SSSR count). The van der Waals surface area contributed by atoms with Gasteiger partial charge in [-0.05, 0) is 50.4 Å². The van der Waals surface area contributed by atoms with Gasteiger partial charge in [-0.15, -0.1) is 24.8 Å². The lowest BCUT2D eigenvalue weighted by molar-refractivity contribution is -0.118. The molecular formula is C16H25Cl2N3O. The first-order chi connectivity index (χ1) is 9.83. The first kappa shape index (κ1) is 19.1. The number of nitrogens with one attached hydrogen (secondary N) is 2. The average molecular weight is 346 g/mol. The summed E-state index contributed by atoms with van der Waals surface area (Å²) in [7, 11) is 0. The number of piperidine rings is 1. The molecule has 2 N–H and O–H groups in total. The van der Waals surface area contributed by atoms with Crippen molar-refractivity contribution in [3.63, 3.8) is 0 Å². The van der Waals surface area contributed by atoms with Crippen LogP contribution < -0.4 is 15.5 Å². The molecule has 22 heavy (non-hydrogen) atoms. The van der Waals surface area contributed by atoms with Gasteiger partial charge in [-0.1, -0.05) is 12.5 Å². The summed E-state index contributed by atoms with van der Waals surface area (Å²) in [6.07, 6.45) is 5.79. The highest BCUT2D eigenvalue weighted by Gasteiger charge is 2.20. The summed E-state index contributed by atoms with van der Waals surface area (Å²) in [6, 6.07) is 8.18. The van der Waals surface area contributed by atoms with Crippen LogP contribution in [0.2, 0.25) is 0 Å². The number of nitrogens with zero attached hydrogens (tertiary/aromatic N) is 1. The lowest BCUT2D eigenvalue weighted by atomic mass is 10.0. The molecule has 0 spiro atoms. The van der Waals surface area contributed by atoms with E-state index < -0.39 is 0 Å². The van der Waals surface area contributed by atoms with Crippen molar-refractivity contribution in [2.24, 2.45) is 0 Å². The molecule has 0 aromatic heterocycles. The summed E-state index contributed by atoms with van der Waals surface area (Å²) in [4.78, 5) is 14.6. The van der Waals surface area contributed by atoms with Crippen molar-refractivity contribution in [3.05, 3.63) is 24.3 Å². The van der Waals surface area contributed by atoms with Gasteiger partial charge in [0.05, 0.1) is 6.04 Å². The van der Waals surface area contributed by atoms with Gasteiger partial charge in [0.15, 0.2) is 0 Å². The van der Waals surface area contributed by atoms with Crippen LogP contribution in [0.15, 0.2) is 24.3 Å². The van der Waals surface area contributed by atoms with Crippen LogP contribution in [0.4, 0.5) is 11.4 Å². The fraction of sp³-hybridized carbons (Fsp3) is 0.562. The molecule has 1 unspecified atom stereocenters. The Labute approximate surface area is 144 Å². The SMILES string of the molecule is Cl.Cl.O=C(Nc1cccc(N2CCCC2)c1)C1CCCCN1. The van der Waals surface area contributed by atoms with Gasteiger partial charge in [0.1, 0.15) is 0 Å². The molecule has 2 aliphatic rings. The molecule has 2 fully saturated rings. The number of amides is 1. The summed E-state index contributed by atoms with van der Waals surface area (Å²) >= 11 is 0. The minimum Gasteiger partial charge on any atom is -0.371 e. The van der Waals surface area contributed by atoms with Crippen LogP contribution in [0.1, 0.15) is 32.1 Å². The third-order valence-corrected chi connectivity index (χ3v) is 4.21. The van der Waals surface area contributed by atoms with E-state index in [1.165, 1.54) is 24.9 Å². The monoisotopic (exact) mass is 345 g/mol. The molecule has 2 heterocycles. The summed E-state index contributed by atoms with van der Waals surface area (Å²) in [5.74, 6) is 0.100. The Kier molecular flexibility index (Phi) is 8.01. The van der Waals surface area contributed by atoms with Crippen molar-refractivity contribution in [3.8, 4) is 0 Å². The molecule has 0 radical (unpaired) electrons. The van der Waals surface area contributed by atoms with Crippen molar-refractivity contribution in [2.45, 2.75) is 38.1 Å². The highest BCUT2D eigenvalue weighted by Crippen LogP contribution is 2.23. The van der Waals surface area contributed by atoms with Crippen LogP contribution in [0, 0.1) is 0 Å². The van der Waals surface area contributed by atoms with E-state index in [-0.39, 0.29) is 36.8 Å². The van der Waals surface area contributed by atoms with Crippen molar-refractivity contribution in [1.82, 2.24) is 5.32 Å². The van der Waals surface area contributed by atoms with E-state index in [0.29, 0.717) is 0 Å². The van der Waals surface area contributed by atoms with E-state index in [0.717, 1.165) is 38.2 Å². The van der Waals surface area contributed by atoms with Crippen LogP contribution in [-0.2, 0) is 4.79 Å². The Morgan fingerprint density at radius 2 is 1.91 bits per heavy atom. The average Bonchev–Trinajstić information content (AvgIpc) is 3.03. The molecule has 124 valence electrons. The molecule has 2 aliphatic heterocycles. The van der Waals surface area contributed by atoms with E-state index >= 15 is 0 Å². The van der Waals surface area contributed by atoms with E-state index in [1.54, 1.807) is 0 Å². The maximum absolute atomic E-state index is 12.2. The smallest absolute Gasteiger partial charge is 0.241 e. The van der Waals surface area contributed by atoms with Gasteiger partial charge in [0.25, 0.3) is 0 Å². The molecular weight excluding hydrogens is 321 g/mol. The summed E-state index contributed by atoms with van der Waals surface area (Å²) in [6.45, 7) is 3.20. The molecule has 0 aliphatic carbocycles. The summed E-state index contributed by atoms with van der Waals surface area (Å²) in [5, 5.41) is 6.33. The zero-order chi connectivity index (χ0) is 13.8. The van der Waals surface area contributed by atoms with Crippen molar-refractivity contribution < 1.29 is 4.79 Å². The largest absolute Gasteiger partial charge is 0.371 e.